The van der Waals surface area contributed by atoms with Crippen molar-refractivity contribution in [3.05, 3.63) is 35.5 Å². The average Bonchev–Trinajstić information content (AvgIpc) is 2.87. The van der Waals surface area contributed by atoms with Crippen LogP contribution in [0.3, 0.4) is 0 Å². The lowest BCUT2D eigenvalue weighted by Gasteiger charge is -2.10. The molecule has 5 nitrogen and oxygen atoms in total. The summed E-state index contributed by atoms with van der Waals surface area (Å²) in [4.78, 5) is 0. The molecule has 0 radical (unpaired) electrons. The summed E-state index contributed by atoms with van der Waals surface area (Å²) in [6.45, 7) is 4.64. The molecule has 1 atom stereocenters. The molecule has 0 bridgehead atoms. The molecule has 2 rings (SSSR count). The zero-order chi connectivity index (χ0) is 11.5. The summed E-state index contributed by atoms with van der Waals surface area (Å²) in [5.41, 5.74) is 1.46. The average molecular weight is 221 g/mol. The lowest BCUT2D eigenvalue weighted by molar-refractivity contribution is 0.205. The Morgan fingerprint density at radius 2 is 2.38 bits per heavy atom. The molecular formula is C11H15N3O2. The Balaban J connectivity index is 2.30. The minimum absolute atomic E-state index is 0.700. The van der Waals surface area contributed by atoms with Gasteiger partial charge in [0.1, 0.15) is 11.9 Å². The van der Waals surface area contributed by atoms with Gasteiger partial charge >= 0.3 is 0 Å². The van der Waals surface area contributed by atoms with E-state index in [0.29, 0.717) is 5.69 Å². The molecule has 0 aliphatic rings. The van der Waals surface area contributed by atoms with Crippen LogP contribution in [0.5, 0.6) is 0 Å². The molecule has 1 unspecified atom stereocenters. The highest BCUT2D eigenvalue weighted by atomic mass is 16.3. The normalized spacial score (nSPS) is 12.9. The van der Waals surface area contributed by atoms with E-state index in [0.717, 1.165) is 24.3 Å². The van der Waals surface area contributed by atoms with Crippen LogP contribution in [-0.2, 0) is 6.54 Å². The second-order valence-electron chi connectivity index (χ2n) is 3.72. The number of hydrogen-bond donors (Lipinski definition) is 1. The third kappa shape index (κ3) is 1.86. The van der Waals surface area contributed by atoms with E-state index < -0.39 is 6.10 Å². The second kappa shape index (κ2) is 4.49. The first kappa shape index (κ1) is 10.9. The van der Waals surface area contributed by atoms with Gasteiger partial charge in [-0.05, 0) is 19.4 Å². The molecule has 1 N–H and O–H groups in total. The van der Waals surface area contributed by atoms with Gasteiger partial charge in [0.2, 0.25) is 0 Å². The van der Waals surface area contributed by atoms with Crippen LogP contribution in [0.15, 0.2) is 22.9 Å². The standard InChI is InChI=1S/C11H15N3O2/c1-3-5-14-10(7-12-13-14)11(15)9-4-6-16-8(9)2/h4,6-7,11,15H,3,5H2,1-2H3. The molecule has 0 fully saturated rings. The van der Waals surface area contributed by atoms with E-state index in [1.807, 2.05) is 6.92 Å². The largest absolute Gasteiger partial charge is 0.469 e. The molecule has 2 aromatic rings. The van der Waals surface area contributed by atoms with Crippen LogP contribution in [0.1, 0.15) is 36.5 Å². The van der Waals surface area contributed by atoms with Gasteiger partial charge in [0.05, 0.1) is 18.2 Å². The Kier molecular flexibility index (Phi) is 3.05. The molecule has 0 amide bonds. The number of aliphatic hydroxyl groups excluding tert-OH is 1. The molecule has 0 aliphatic heterocycles. The van der Waals surface area contributed by atoms with Crippen molar-refractivity contribution in [2.24, 2.45) is 0 Å². The van der Waals surface area contributed by atoms with E-state index >= 15 is 0 Å². The monoisotopic (exact) mass is 221 g/mol. The van der Waals surface area contributed by atoms with E-state index in [-0.39, 0.29) is 0 Å². The highest BCUT2D eigenvalue weighted by molar-refractivity contribution is 5.25. The van der Waals surface area contributed by atoms with Crippen molar-refractivity contribution in [1.29, 1.82) is 0 Å². The number of nitrogens with zero attached hydrogens (tertiary/aromatic N) is 3. The third-order valence-electron chi connectivity index (χ3n) is 2.56. The third-order valence-corrected chi connectivity index (χ3v) is 2.56. The highest BCUT2D eigenvalue weighted by Gasteiger charge is 2.19. The van der Waals surface area contributed by atoms with Crippen LogP contribution < -0.4 is 0 Å². The Bertz CT molecular complexity index is 461. The van der Waals surface area contributed by atoms with E-state index in [4.69, 9.17) is 4.42 Å². The van der Waals surface area contributed by atoms with Gasteiger partial charge in [-0.15, -0.1) is 5.10 Å². The quantitative estimate of drug-likeness (QED) is 0.853. The molecular weight excluding hydrogens is 206 g/mol. The van der Waals surface area contributed by atoms with Gasteiger partial charge in [0.15, 0.2) is 0 Å². The Hall–Kier alpha value is -1.62. The summed E-state index contributed by atoms with van der Waals surface area (Å²) < 4.78 is 6.89. The van der Waals surface area contributed by atoms with Crippen LogP contribution in [0.2, 0.25) is 0 Å². The van der Waals surface area contributed by atoms with Crippen LogP contribution >= 0.6 is 0 Å². The maximum absolute atomic E-state index is 10.2. The molecule has 5 heteroatoms. The van der Waals surface area contributed by atoms with Gasteiger partial charge in [-0.1, -0.05) is 12.1 Å². The van der Waals surface area contributed by atoms with Crippen molar-refractivity contribution in [3.63, 3.8) is 0 Å². The zero-order valence-corrected chi connectivity index (χ0v) is 9.42. The minimum Gasteiger partial charge on any atom is -0.469 e. The van der Waals surface area contributed by atoms with Crippen LogP contribution in [0, 0.1) is 6.92 Å². The Morgan fingerprint density at radius 3 is 3.00 bits per heavy atom. The fourth-order valence-electron chi connectivity index (χ4n) is 1.70. The molecule has 0 aromatic carbocycles. The summed E-state index contributed by atoms with van der Waals surface area (Å²) in [5, 5.41) is 18.0. The van der Waals surface area contributed by atoms with Crippen molar-refractivity contribution in [2.45, 2.75) is 32.9 Å². The summed E-state index contributed by atoms with van der Waals surface area (Å²) in [6.07, 6.45) is 3.39. The van der Waals surface area contributed by atoms with Gasteiger partial charge < -0.3 is 9.52 Å². The van der Waals surface area contributed by atoms with Gasteiger partial charge in [-0.2, -0.15) is 0 Å². The summed E-state index contributed by atoms with van der Waals surface area (Å²) in [6, 6.07) is 1.77. The molecule has 0 spiro atoms. The Labute approximate surface area is 93.7 Å². The number of aryl methyl sites for hydroxylation is 2. The first-order valence-electron chi connectivity index (χ1n) is 5.34. The Morgan fingerprint density at radius 1 is 1.56 bits per heavy atom. The summed E-state index contributed by atoms with van der Waals surface area (Å²) in [7, 11) is 0. The summed E-state index contributed by atoms with van der Waals surface area (Å²) >= 11 is 0. The van der Waals surface area contributed by atoms with Gasteiger partial charge in [-0.25, -0.2) is 4.68 Å². The van der Waals surface area contributed by atoms with Crippen molar-refractivity contribution < 1.29 is 9.52 Å². The second-order valence-corrected chi connectivity index (χ2v) is 3.72. The predicted molar refractivity (Wildman–Crippen MR) is 57.8 cm³/mol. The van der Waals surface area contributed by atoms with E-state index in [1.165, 1.54) is 0 Å². The maximum Gasteiger partial charge on any atom is 0.126 e. The fourth-order valence-corrected chi connectivity index (χ4v) is 1.70. The molecule has 0 aliphatic carbocycles. The van der Waals surface area contributed by atoms with Crippen LogP contribution in [-0.4, -0.2) is 20.1 Å². The molecule has 2 aromatic heterocycles. The zero-order valence-electron chi connectivity index (χ0n) is 9.42. The summed E-state index contributed by atoms with van der Waals surface area (Å²) in [5.74, 6) is 0.719. The molecule has 2 heterocycles. The number of aliphatic hydroxyl groups is 1. The smallest absolute Gasteiger partial charge is 0.126 e. The number of aromatic nitrogens is 3. The van der Waals surface area contributed by atoms with Gasteiger partial charge in [0, 0.05) is 12.1 Å². The maximum atomic E-state index is 10.2. The lowest BCUT2D eigenvalue weighted by Crippen LogP contribution is -2.10. The van der Waals surface area contributed by atoms with Crippen molar-refractivity contribution in [3.8, 4) is 0 Å². The van der Waals surface area contributed by atoms with Crippen molar-refractivity contribution in [1.82, 2.24) is 15.0 Å². The van der Waals surface area contributed by atoms with Crippen LogP contribution in [0.25, 0.3) is 0 Å². The molecule has 0 saturated carbocycles. The van der Waals surface area contributed by atoms with E-state index in [9.17, 15) is 5.11 Å². The fraction of sp³-hybridized carbons (Fsp3) is 0.455. The van der Waals surface area contributed by atoms with E-state index in [2.05, 4.69) is 17.2 Å². The topological polar surface area (TPSA) is 64.1 Å². The SMILES string of the molecule is CCCn1nncc1C(O)c1ccoc1C. The van der Waals surface area contributed by atoms with Gasteiger partial charge in [-0.3, -0.25) is 0 Å². The number of hydrogen-bond acceptors (Lipinski definition) is 4. The van der Waals surface area contributed by atoms with E-state index in [1.54, 1.807) is 23.2 Å². The first-order chi connectivity index (χ1) is 7.74. The highest BCUT2D eigenvalue weighted by Crippen LogP contribution is 2.24. The van der Waals surface area contributed by atoms with Crippen LogP contribution in [0.4, 0.5) is 0 Å². The van der Waals surface area contributed by atoms with Crippen molar-refractivity contribution >= 4 is 0 Å². The first-order valence-corrected chi connectivity index (χ1v) is 5.34. The lowest BCUT2D eigenvalue weighted by atomic mass is 10.1. The number of furan rings is 1. The molecule has 16 heavy (non-hydrogen) atoms. The number of rotatable bonds is 4. The molecule has 0 saturated heterocycles. The van der Waals surface area contributed by atoms with Crippen molar-refractivity contribution in [2.75, 3.05) is 0 Å². The molecule has 86 valence electrons. The predicted octanol–water partition coefficient (Wildman–Crippen LogP) is 1.67. The minimum atomic E-state index is -0.722. The van der Waals surface area contributed by atoms with Gasteiger partial charge in [0.25, 0.3) is 0 Å².